The molecular formula is C17H30N2O3. The van der Waals surface area contributed by atoms with Crippen molar-refractivity contribution in [2.24, 2.45) is 23.2 Å². The fourth-order valence-electron chi connectivity index (χ4n) is 3.86. The zero-order chi connectivity index (χ0) is 16.7. The van der Waals surface area contributed by atoms with Crippen LogP contribution in [0.5, 0.6) is 0 Å². The zero-order valence-corrected chi connectivity index (χ0v) is 14.5. The Morgan fingerprint density at radius 2 is 1.77 bits per heavy atom. The lowest BCUT2D eigenvalue weighted by molar-refractivity contribution is -0.143. The molecule has 0 spiro atoms. The number of carboxylic acid groups (broad SMARTS) is 1. The molecular weight excluding hydrogens is 280 g/mol. The first kappa shape index (κ1) is 17.3. The van der Waals surface area contributed by atoms with Crippen molar-refractivity contribution in [2.75, 3.05) is 26.7 Å². The van der Waals surface area contributed by atoms with Gasteiger partial charge >= 0.3 is 5.97 Å². The van der Waals surface area contributed by atoms with Crippen LogP contribution in [0.1, 0.15) is 40.5 Å². The lowest BCUT2D eigenvalue weighted by Gasteiger charge is -2.38. The fourth-order valence-corrected chi connectivity index (χ4v) is 3.86. The van der Waals surface area contributed by atoms with E-state index in [0.29, 0.717) is 5.92 Å². The molecule has 2 aliphatic rings. The normalized spacial score (nSPS) is 28.6. The predicted octanol–water partition coefficient (Wildman–Crippen LogP) is 1.92. The van der Waals surface area contributed by atoms with E-state index in [2.05, 4.69) is 25.8 Å². The maximum Gasteiger partial charge on any atom is 0.307 e. The minimum absolute atomic E-state index is 0.0562. The average Bonchev–Trinajstić information content (AvgIpc) is 2.99. The maximum atomic E-state index is 13.0. The van der Waals surface area contributed by atoms with Crippen molar-refractivity contribution in [1.82, 2.24) is 9.80 Å². The molecule has 1 N–H and O–H groups in total. The summed E-state index contributed by atoms with van der Waals surface area (Å²) in [5.41, 5.74) is -0.413. The van der Waals surface area contributed by atoms with Crippen molar-refractivity contribution >= 4 is 11.9 Å². The third kappa shape index (κ3) is 3.29. The topological polar surface area (TPSA) is 60.9 Å². The van der Waals surface area contributed by atoms with Gasteiger partial charge in [0.15, 0.2) is 0 Å². The Hall–Kier alpha value is -1.10. The number of likely N-dealkylation sites (tertiary alicyclic amines) is 1. The number of hydrogen-bond donors (Lipinski definition) is 1. The van der Waals surface area contributed by atoms with Gasteiger partial charge in [-0.3, -0.25) is 9.59 Å². The van der Waals surface area contributed by atoms with Gasteiger partial charge in [0.1, 0.15) is 0 Å². The zero-order valence-electron chi connectivity index (χ0n) is 14.5. The summed E-state index contributed by atoms with van der Waals surface area (Å²) in [5.74, 6) is -1.27. The molecule has 1 heterocycles. The molecule has 0 aromatic rings. The Bertz CT molecular complexity index is 439. The smallest absolute Gasteiger partial charge is 0.307 e. The van der Waals surface area contributed by atoms with E-state index in [1.54, 1.807) is 0 Å². The minimum Gasteiger partial charge on any atom is -0.481 e. The highest BCUT2D eigenvalue weighted by Crippen LogP contribution is 2.59. The van der Waals surface area contributed by atoms with Gasteiger partial charge in [0.25, 0.3) is 0 Å². The van der Waals surface area contributed by atoms with E-state index in [1.165, 1.54) is 0 Å². The number of carboxylic acids is 1. The van der Waals surface area contributed by atoms with Gasteiger partial charge in [-0.25, -0.2) is 0 Å². The van der Waals surface area contributed by atoms with Crippen LogP contribution in [0.3, 0.4) is 0 Å². The predicted molar refractivity (Wildman–Crippen MR) is 85.5 cm³/mol. The standard InChI is InChI=1S/C17H30N2O3/c1-11(2)10-19(12-6-8-18(5)9-7-12)15(20)13-14(16(21)22)17(13,3)4/h11-14H,6-10H2,1-5H3,(H,21,22)/t13-,14+/m0/s1. The number of carbonyl (C=O) groups excluding carboxylic acids is 1. The number of piperidine rings is 1. The second-order valence-corrected chi connectivity index (χ2v) is 8.03. The van der Waals surface area contributed by atoms with E-state index in [4.69, 9.17) is 0 Å². The van der Waals surface area contributed by atoms with E-state index in [1.807, 2.05) is 18.7 Å². The molecule has 2 fully saturated rings. The van der Waals surface area contributed by atoms with Crippen molar-refractivity contribution < 1.29 is 14.7 Å². The number of carbonyl (C=O) groups is 2. The van der Waals surface area contributed by atoms with Crippen molar-refractivity contribution in [3.05, 3.63) is 0 Å². The first-order valence-electron chi connectivity index (χ1n) is 8.38. The summed E-state index contributed by atoms with van der Waals surface area (Å²) in [5, 5.41) is 9.34. The van der Waals surface area contributed by atoms with Gasteiger partial charge in [0.2, 0.25) is 5.91 Å². The molecule has 5 heteroatoms. The molecule has 1 saturated carbocycles. The summed E-state index contributed by atoms with van der Waals surface area (Å²) in [7, 11) is 2.11. The van der Waals surface area contributed by atoms with E-state index < -0.39 is 17.3 Å². The number of aliphatic carboxylic acids is 1. The molecule has 0 radical (unpaired) electrons. The summed E-state index contributed by atoms with van der Waals surface area (Å²) in [6, 6.07) is 0.261. The van der Waals surface area contributed by atoms with Gasteiger partial charge in [-0.1, -0.05) is 27.7 Å². The Balaban J connectivity index is 2.12. The van der Waals surface area contributed by atoms with E-state index in [0.717, 1.165) is 32.5 Å². The Morgan fingerprint density at radius 1 is 1.23 bits per heavy atom. The molecule has 22 heavy (non-hydrogen) atoms. The first-order valence-corrected chi connectivity index (χ1v) is 8.38. The van der Waals surface area contributed by atoms with Crippen LogP contribution in [0, 0.1) is 23.2 Å². The largest absolute Gasteiger partial charge is 0.481 e. The summed E-state index contributed by atoms with van der Waals surface area (Å²) in [6.07, 6.45) is 1.97. The van der Waals surface area contributed by atoms with Crippen LogP contribution >= 0.6 is 0 Å². The molecule has 126 valence electrons. The number of rotatable bonds is 5. The first-order chi connectivity index (χ1) is 10.2. The number of hydrogen-bond acceptors (Lipinski definition) is 3. The Morgan fingerprint density at radius 3 is 2.18 bits per heavy atom. The molecule has 5 nitrogen and oxygen atoms in total. The third-order valence-corrected chi connectivity index (χ3v) is 5.33. The molecule has 1 aliphatic heterocycles. The summed E-state index contributed by atoms with van der Waals surface area (Å²) >= 11 is 0. The Kier molecular flexibility index (Phi) is 4.85. The van der Waals surface area contributed by atoms with Crippen LogP contribution in [0.2, 0.25) is 0 Å². The van der Waals surface area contributed by atoms with E-state index in [9.17, 15) is 14.7 Å². The van der Waals surface area contributed by atoms with Gasteiger partial charge in [-0.15, -0.1) is 0 Å². The summed E-state index contributed by atoms with van der Waals surface area (Å²) in [4.78, 5) is 28.7. The monoisotopic (exact) mass is 310 g/mol. The fraction of sp³-hybridized carbons (Fsp3) is 0.882. The summed E-state index contributed by atoms with van der Waals surface area (Å²) < 4.78 is 0. The van der Waals surface area contributed by atoms with Crippen molar-refractivity contribution in [3.63, 3.8) is 0 Å². The van der Waals surface area contributed by atoms with Crippen LogP contribution in [-0.2, 0) is 9.59 Å². The molecule has 0 aromatic heterocycles. The van der Waals surface area contributed by atoms with Crippen LogP contribution in [0.25, 0.3) is 0 Å². The van der Waals surface area contributed by atoms with E-state index in [-0.39, 0.29) is 17.9 Å². The van der Waals surface area contributed by atoms with Gasteiger partial charge in [0, 0.05) is 12.6 Å². The van der Waals surface area contributed by atoms with Gasteiger partial charge < -0.3 is 14.9 Å². The lowest BCUT2D eigenvalue weighted by Crippen LogP contribution is -2.49. The number of amides is 1. The highest BCUT2D eigenvalue weighted by Gasteiger charge is 2.66. The van der Waals surface area contributed by atoms with Crippen LogP contribution in [0.4, 0.5) is 0 Å². The molecule has 1 aliphatic carbocycles. The molecule has 0 unspecified atom stereocenters. The highest BCUT2D eigenvalue weighted by atomic mass is 16.4. The molecule has 1 amide bonds. The quantitative estimate of drug-likeness (QED) is 0.843. The minimum atomic E-state index is -0.837. The number of nitrogens with zero attached hydrogens (tertiary/aromatic N) is 2. The van der Waals surface area contributed by atoms with E-state index >= 15 is 0 Å². The van der Waals surface area contributed by atoms with Crippen LogP contribution in [0.15, 0.2) is 0 Å². The van der Waals surface area contributed by atoms with Crippen molar-refractivity contribution in [1.29, 1.82) is 0 Å². The second-order valence-electron chi connectivity index (χ2n) is 8.03. The van der Waals surface area contributed by atoms with Crippen LogP contribution < -0.4 is 0 Å². The van der Waals surface area contributed by atoms with Gasteiger partial charge in [0.05, 0.1) is 11.8 Å². The molecule has 1 saturated heterocycles. The molecule has 0 aromatic carbocycles. The third-order valence-electron chi connectivity index (χ3n) is 5.33. The molecule has 2 atom stereocenters. The van der Waals surface area contributed by atoms with Crippen molar-refractivity contribution in [3.8, 4) is 0 Å². The SMILES string of the molecule is CC(C)CN(C(=O)[C@@H]1[C@H](C(=O)O)C1(C)C)C1CCN(C)CC1. The highest BCUT2D eigenvalue weighted by molar-refractivity contribution is 5.91. The van der Waals surface area contributed by atoms with Gasteiger partial charge in [-0.2, -0.15) is 0 Å². The molecule has 2 rings (SSSR count). The summed E-state index contributed by atoms with van der Waals surface area (Å²) in [6.45, 7) is 10.8. The van der Waals surface area contributed by atoms with Gasteiger partial charge in [-0.05, 0) is 44.3 Å². The second kappa shape index (κ2) is 6.19. The average molecular weight is 310 g/mol. The molecule has 0 bridgehead atoms. The van der Waals surface area contributed by atoms with Crippen LogP contribution in [-0.4, -0.2) is 59.5 Å². The Labute approximate surface area is 133 Å². The lowest BCUT2D eigenvalue weighted by atomic mass is 10.00. The maximum absolute atomic E-state index is 13.0. The van der Waals surface area contributed by atoms with Crippen molar-refractivity contribution in [2.45, 2.75) is 46.6 Å².